The van der Waals surface area contributed by atoms with Crippen LogP contribution in [0.15, 0.2) is 18.2 Å². The Hall–Kier alpha value is -2.01. The van der Waals surface area contributed by atoms with Crippen LogP contribution in [0.4, 0.5) is 5.82 Å². The van der Waals surface area contributed by atoms with Crippen molar-refractivity contribution in [3.63, 3.8) is 0 Å². The molecule has 0 aliphatic carbocycles. The first-order chi connectivity index (χ1) is 10.7. The topological polar surface area (TPSA) is 54.8 Å². The lowest BCUT2D eigenvalue weighted by Crippen LogP contribution is -2.37. The highest BCUT2D eigenvalue weighted by Crippen LogP contribution is 2.37. The molecule has 0 saturated carbocycles. The molecule has 5 nitrogen and oxygen atoms in total. The summed E-state index contributed by atoms with van der Waals surface area (Å²) in [5.74, 6) is 2.90. The van der Waals surface area contributed by atoms with E-state index in [-0.39, 0.29) is 13.4 Å². The van der Waals surface area contributed by atoms with Gasteiger partial charge in [-0.3, -0.25) is 0 Å². The Kier molecular flexibility index (Phi) is 3.30. The monoisotopic (exact) mass is 300 g/mol. The second kappa shape index (κ2) is 5.32. The van der Waals surface area contributed by atoms with Gasteiger partial charge in [0.2, 0.25) is 6.79 Å². The van der Waals surface area contributed by atoms with Gasteiger partial charge < -0.3 is 19.5 Å². The lowest BCUT2D eigenvalue weighted by Gasteiger charge is -2.33. The predicted octanol–water partition coefficient (Wildman–Crippen LogP) is 2.48. The van der Waals surface area contributed by atoms with E-state index in [1.165, 1.54) is 5.56 Å². The number of aliphatic hydroxyl groups excluding tert-OH is 1. The second-order valence-corrected chi connectivity index (χ2v) is 6.16. The number of hydrogen-bond acceptors (Lipinski definition) is 5. The minimum Gasteiger partial charge on any atom is -0.454 e. The summed E-state index contributed by atoms with van der Waals surface area (Å²) in [6.07, 6.45) is 2.20. The van der Waals surface area contributed by atoms with Crippen LogP contribution in [0.25, 0.3) is 10.9 Å². The van der Waals surface area contributed by atoms with Crippen molar-refractivity contribution in [3.8, 4) is 11.5 Å². The number of piperidine rings is 1. The van der Waals surface area contributed by atoms with E-state index >= 15 is 0 Å². The number of fused-ring (bicyclic) bond motifs is 2. The molecule has 3 heterocycles. The van der Waals surface area contributed by atoms with E-state index in [4.69, 9.17) is 14.5 Å². The summed E-state index contributed by atoms with van der Waals surface area (Å²) in [6, 6.07) is 6.10. The normalized spacial score (nSPS) is 20.6. The smallest absolute Gasteiger partial charge is 0.231 e. The first kappa shape index (κ1) is 13.6. The molecule has 2 aliphatic heterocycles. The van der Waals surface area contributed by atoms with Crippen molar-refractivity contribution in [1.29, 1.82) is 0 Å². The third kappa shape index (κ3) is 2.25. The number of anilines is 1. The van der Waals surface area contributed by atoms with Crippen molar-refractivity contribution >= 4 is 16.7 Å². The molecule has 116 valence electrons. The van der Waals surface area contributed by atoms with Gasteiger partial charge in [0, 0.05) is 31.1 Å². The average molecular weight is 300 g/mol. The Bertz CT molecular complexity index is 717. The summed E-state index contributed by atoms with van der Waals surface area (Å²) in [4.78, 5) is 7.09. The van der Waals surface area contributed by atoms with Crippen molar-refractivity contribution < 1.29 is 14.6 Å². The first-order valence-electron chi connectivity index (χ1n) is 7.81. The molecule has 1 aromatic carbocycles. The van der Waals surface area contributed by atoms with Crippen LogP contribution in [-0.2, 0) is 0 Å². The number of ether oxygens (including phenoxy) is 2. The number of benzene rings is 1. The molecule has 5 heteroatoms. The Morgan fingerprint density at radius 3 is 2.91 bits per heavy atom. The number of nitrogens with zero attached hydrogens (tertiary/aromatic N) is 2. The standard InChI is InChI=1S/C17H20N2O3/c1-11-5-17(19-4-2-3-12(8-19)9-20)18-14-7-16-15(6-13(11)14)21-10-22-16/h5-7,12,20H,2-4,8-10H2,1H3. The summed E-state index contributed by atoms with van der Waals surface area (Å²) in [7, 11) is 0. The molecule has 1 aromatic heterocycles. The Balaban J connectivity index is 1.74. The lowest BCUT2D eigenvalue weighted by atomic mass is 9.99. The van der Waals surface area contributed by atoms with Gasteiger partial charge in [-0.1, -0.05) is 0 Å². The molecule has 2 aromatic rings. The van der Waals surface area contributed by atoms with Gasteiger partial charge in [0.05, 0.1) is 5.52 Å². The molecule has 1 saturated heterocycles. The molecule has 22 heavy (non-hydrogen) atoms. The van der Waals surface area contributed by atoms with Gasteiger partial charge in [0.1, 0.15) is 5.82 Å². The fourth-order valence-corrected chi connectivity index (χ4v) is 3.35. The minimum absolute atomic E-state index is 0.252. The average Bonchev–Trinajstić information content (AvgIpc) is 3.00. The van der Waals surface area contributed by atoms with Crippen LogP contribution in [0.2, 0.25) is 0 Å². The van der Waals surface area contributed by atoms with Crippen molar-refractivity contribution in [3.05, 3.63) is 23.8 Å². The zero-order valence-corrected chi connectivity index (χ0v) is 12.7. The number of pyridine rings is 1. The molecule has 0 amide bonds. The van der Waals surface area contributed by atoms with E-state index in [2.05, 4.69) is 17.9 Å². The molecule has 0 radical (unpaired) electrons. The molecule has 1 atom stereocenters. The Labute approximate surface area is 129 Å². The lowest BCUT2D eigenvalue weighted by molar-refractivity contribution is 0.174. The van der Waals surface area contributed by atoms with Crippen LogP contribution < -0.4 is 14.4 Å². The summed E-state index contributed by atoms with van der Waals surface area (Å²) < 4.78 is 10.9. The summed E-state index contributed by atoms with van der Waals surface area (Å²) in [5.41, 5.74) is 2.12. The van der Waals surface area contributed by atoms with Gasteiger partial charge in [-0.15, -0.1) is 0 Å². The van der Waals surface area contributed by atoms with Gasteiger partial charge >= 0.3 is 0 Å². The van der Waals surface area contributed by atoms with Crippen molar-refractivity contribution in [1.82, 2.24) is 4.98 Å². The number of aromatic nitrogens is 1. The number of hydrogen-bond donors (Lipinski definition) is 1. The van der Waals surface area contributed by atoms with E-state index in [9.17, 15) is 5.11 Å². The predicted molar refractivity (Wildman–Crippen MR) is 84.6 cm³/mol. The molecular formula is C17H20N2O3. The molecule has 1 N–H and O–H groups in total. The molecule has 1 fully saturated rings. The van der Waals surface area contributed by atoms with Crippen LogP contribution in [-0.4, -0.2) is 36.6 Å². The van der Waals surface area contributed by atoms with Crippen LogP contribution in [0.5, 0.6) is 11.5 Å². The highest BCUT2D eigenvalue weighted by Gasteiger charge is 2.22. The minimum atomic E-state index is 0.252. The highest BCUT2D eigenvalue weighted by molar-refractivity contribution is 5.87. The van der Waals surface area contributed by atoms with Crippen molar-refractivity contribution in [2.45, 2.75) is 19.8 Å². The van der Waals surface area contributed by atoms with Gasteiger partial charge in [-0.2, -0.15) is 0 Å². The third-order valence-corrected chi connectivity index (χ3v) is 4.60. The van der Waals surface area contributed by atoms with Crippen LogP contribution in [0, 0.1) is 12.8 Å². The molecule has 2 aliphatic rings. The van der Waals surface area contributed by atoms with Crippen LogP contribution in [0.3, 0.4) is 0 Å². The maximum Gasteiger partial charge on any atom is 0.231 e. The van der Waals surface area contributed by atoms with Crippen LogP contribution >= 0.6 is 0 Å². The molecular weight excluding hydrogens is 280 g/mol. The van der Waals surface area contributed by atoms with E-state index in [0.29, 0.717) is 5.92 Å². The third-order valence-electron chi connectivity index (χ3n) is 4.60. The van der Waals surface area contributed by atoms with E-state index in [1.54, 1.807) is 0 Å². The highest BCUT2D eigenvalue weighted by atomic mass is 16.7. The summed E-state index contributed by atoms with van der Waals surface area (Å²) >= 11 is 0. The zero-order chi connectivity index (χ0) is 15.1. The second-order valence-electron chi connectivity index (χ2n) is 6.16. The summed E-state index contributed by atoms with van der Waals surface area (Å²) in [5, 5.41) is 10.5. The molecule has 1 unspecified atom stereocenters. The molecule has 0 spiro atoms. The van der Waals surface area contributed by atoms with Gasteiger partial charge in [-0.05, 0) is 43.4 Å². The largest absolute Gasteiger partial charge is 0.454 e. The molecule has 0 bridgehead atoms. The van der Waals surface area contributed by atoms with Crippen molar-refractivity contribution in [2.24, 2.45) is 5.92 Å². The number of aliphatic hydroxyl groups is 1. The quantitative estimate of drug-likeness (QED) is 0.923. The number of rotatable bonds is 2. The van der Waals surface area contributed by atoms with Gasteiger partial charge in [0.25, 0.3) is 0 Å². The van der Waals surface area contributed by atoms with E-state index in [1.807, 2.05) is 12.1 Å². The summed E-state index contributed by atoms with van der Waals surface area (Å²) in [6.45, 7) is 4.50. The maximum atomic E-state index is 9.41. The SMILES string of the molecule is Cc1cc(N2CCCC(CO)C2)nc2cc3c(cc12)OCO3. The maximum absolute atomic E-state index is 9.41. The van der Waals surface area contributed by atoms with Gasteiger partial charge in [-0.25, -0.2) is 4.98 Å². The molecule has 4 rings (SSSR count). The Morgan fingerprint density at radius 1 is 1.27 bits per heavy atom. The zero-order valence-electron chi connectivity index (χ0n) is 12.7. The van der Waals surface area contributed by atoms with E-state index in [0.717, 1.165) is 54.2 Å². The fourth-order valence-electron chi connectivity index (χ4n) is 3.35. The van der Waals surface area contributed by atoms with Crippen LogP contribution in [0.1, 0.15) is 18.4 Å². The van der Waals surface area contributed by atoms with E-state index < -0.39 is 0 Å². The Morgan fingerprint density at radius 2 is 2.09 bits per heavy atom. The number of aryl methyl sites for hydroxylation is 1. The first-order valence-corrected chi connectivity index (χ1v) is 7.81. The van der Waals surface area contributed by atoms with Crippen molar-refractivity contribution in [2.75, 3.05) is 31.4 Å². The van der Waals surface area contributed by atoms with Gasteiger partial charge in [0.15, 0.2) is 11.5 Å². The fraction of sp³-hybridized carbons (Fsp3) is 0.471.